The van der Waals surface area contributed by atoms with Crippen LogP contribution < -0.4 is 20.3 Å². The van der Waals surface area contributed by atoms with Crippen LogP contribution in [0, 0.1) is 6.92 Å². The van der Waals surface area contributed by atoms with Crippen LogP contribution in [0.15, 0.2) is 47.3 Å². The van der Waals surface area contributed by atoms with Gasteiger partial charge in [0.2, 0.25) is 5.91 Å². The molecular formula is C24H25N3O4S. The molecule has 1 atom stereocenters. The van der Waals surface area contributed by atoms with Gasteiger partial charge >= 0.3 is 0 Å². The molecule has 0 saturated heterocycles. The van der Waals surface area contributed by atoms with Crippen molar-refractivity contribution < 1.29 is 14.3 Å². The molecular weight excluding hydrogens is 426 g/mol. The van der Waals surface area contributed by atoms with Crippen LogP contribution in [0.3, 0.4) is 0 Å². The van der Waals surface area contributed by atoms with E-state index in [1.54, 1.807) is 32.5 Å². The Kier molecular flexibility index (Phi) is 6.14. The first kappa shape index (κ1) is 21.8. The Morgan fingerprint density at radius 1 is 1.19 bits per heavy atom. The Hall–Kier alpha value is -3.39. The fraction of sp³-hybridized carbons (Fsp3) is 0.292. The van der Waals surface area contributed by atoms with Gasteiger partial charge in [-0.25, -0.2) is 4.68 Å². The van der Waals surface area contributed by atoms with Crippen LogP contribution in [0.1, 0.15) is 24.2 Å². The molecule has 166 valence electrons. The largest absolute Gasteiger partial charge is 0.497 e. The molecule has 32 heavy (non-hydrogen) atoms. The molecule has 4 rings (SSSR count). The quantitative estimate of drug-likeness (QED) is 0.461. The molecule has 2 heterocycles. The van der Waals surface area contributed by atoms with Crippen LogP contribution in [0.25, 0.3) is 20.2 Å². The van der Waals surface area contributed by atoms with Gasteiger partial charge in [0.25, 0.3) is 5.56 Å². The number of thiophene rings is 1. The van der Waals surface area contributed by atoms with Crippen LogP contribution in [0.2, 0.25) is 0 Å². The van der Waals surface area contributed by atoms with Crippen LogP contribution in [0.5, 0.6) is 11.5 Å². The normalized spacial score (nSPS) is 12.1. The van der Waals surface area contributed by atoms with E-state index in [1.165, 1.54) is 4.68 Å². The first-order chi connectivity index (χ1) is 15.4. The molecule has 1 N–H and O–H groups in total. The average Bonchev–Trinajstić information content (AvgIpc) is 3.21. The molecule has 1 unspecified atom stereocenters. The van der Waals surface area contributed by atoms with Gasteiger partial charge in [-0.2, -0.15) is 5.10 Å². The van der Waals surface area contributed by atoms with Gasteiger partial charge in [-0.05, 0) is 50.1 Å². The number of benzene rings is 2. The summed E-state index contributed by atoms with van der Waals surface area (Å²) in [5.74, 6) is 1.19. The number of fused-ring (bicyclic) bond motifs is 3. The smallest absolute Gasteiger partial charge is 0.276 e. The van der Waals surface area contributed by atoms with Crippen molar-refractivity contribution in [2.75, 3.05) is 20.8 Å². The van der Waals surface area contributed by atoms with Gasteiger partial charge in [0.1, 0.15) is 17.5 Å². The van der Waals surface area contributed by atoms with Gasteiger partial charge < -0.3 is 14.8 Å². The van der Waals surface area contributed by atoms with Gasteiger partial charge in [0, 0.05) is 16.6 Å². The highest BCUT2D eigenvalue weighted by atomic mass is 32.1. The topological polar surface area (TPSA) is 82.4 Å². The minimum atomic E-state index is -0.739. The molecule has 4 aromatic rings. The highest BCUT2D eigenvalue weighted by molar-refractivity contribution is 7.26. The summed E-state index contributed by atoms with van der Waals surface area (Å²) < 4.78 is 13.9. The number of methoxy groups -OCH3 is 2. The number of rotatable bonds is 7. The number of carbonyl (C=O) groups excluding carboxylic acids is 1. The summed E-state index contributed by atoms with van der Waals surface area (Å²) in [5, 5.41) is 8.88. The SMILES string of the molecule is COc1ccc(OC)c(CCNC(=O)C(C)n2nc(C)c3sc4ccccc4c3c2=O)c1. The van der Waals surface area contributed by atoms with E-state index in [4.69, 9.17) is 9.47 Å². The summed E-state index contributed by atoms with van der Waals surface area (Å²) in [4.78, 5) is 26.1. The lowest BCUT2D eigenvalue weighted by Crippen LogP contribution is -2.38. The molecule has 7 nitrogen and oxygen atoms in total. The van der Waals surface area contributed by atoms with E-state index in [1.807, 2.05) is 49.4 Å². The van der Waals surface area contributed by atoms with Crippen molar-refractivity contribution in [2.24, 2.45) is 0 Å². The number of aryl methyl sites for hydroxylation is 1. The van der Waals surface area contributed by atoms with Gasteiger partial charge in [-0.15, -0.1) is 11.3 Å². The molecule has 0 spiro atoms. The summed E-state index contributed by atoms with van der Waals surface area (Å²) in [7, 11) is 3.21. The van der Waals surface area contributed by atoms with Crippen molar-refractivity contribution in [2.45, 2.75) is 26.3 Å². The van der Waals surface area contributed by atoms with Gasteiger partial charge in [0.15, 0.2) is 0 Å². The number of ether oxygens (including phenoxy) is 2. The van der Waals surface area contributed by atoms with Crippen LogP contribution >= 0.6 is 11.3 Å². The average molecular weight is 452 g/mol. The Bertz CT molecular complexity index is 1360. The third-order valence-electron chi connectivity index (χ3n) is 5.53. The Balaban J connectivity index is 1.55. The number of hydrogen-bond donors (Lipinski definition) is 1. The van der Waals surface area contributed by atoms with E-state index >= 15 is 0 Å². The summed E-state index contributed by atoms with van der Waals surface area (Å²) in [5.41, 5.74) is 1.42. The first-order valence-corrected chi connectivity index (χ1v) is 11.2. The van der Waals surface area contributed by atoms with Crippen LogP contribution in [-0.2, 0) is 11.2 Å². The summed E-state index contributed by atoms with van der Waals surface area (Å²) in [6.07, 6.45) is 0.564. The zero-order valence-electron chi connectivity index (χ0n) is 18.5. The summed E-state index contributed by atoms with van der Waals surface area (Å²) in [6.45, 7) is 3.95. The number of nitrogens with one attached hydrogen (secondary N) is 1. The summed E-state index contributed by atoms with van der Waals surface area (Å²) in [6, 6.07) is 12.6. The van der Waals surface area contributed by atoms with E-state index in [0.717, 1.165) is 37.5 Å². The maximum absolute atomic E-state index is 13.2. The fourth-order valence-electron chi connectivity index (χ4n) is 3.80. The second-order valence-corrected chi connectivity index (χ2v) is 8.58. The number of nitrogens with zero attached hydrogens (tertiary/aromatic N) is 2. The Labute approximate surface area is 189 Å². The first-order valence-electron chi connectivity index (χ1n) is 10.3. The fourth-order valence-corrected chi connectivity index (χ4v) is 4.93. The van der Waals surface area contributed by atoms with E-state index in [2.05, 4.69) is 10.4 Å². The van der Waals surface area contributed by atoms with Gasteiger partial charge in [-0.1, -0.05) is 18.2 Å². The van der Waals surface area contributed by atoms with Crippen molar-refractivity contribution in [1.29, 1.82) is 0 Å². The monoisotopic (exact) mass is 451 g/mol. The second kappa shape index (κ2) is 9.00. The van der Waals surface area contributed by atoms with E-state index in [-0.39, 0.29) is 11.5 Å². The van der Waals surface area contributed by atoms with Gasteiger partial charge in [0.05, 0.1) is 30.0 Å². The second-order valence-electron chi connectivity index (χ2n) is 7.53. The van der Waals surface area contributed by atoms with Crippen molar-refractivity contribution in [3.8, 4) is 11.5 Å². The number of carbonyl (C=O) groups is 1. The number of aromatic nitrogens is 2. The van der Waals surface area contributed by atoms with Crippen molar-refractivity contribution in [3.05, 3.63) is 64.1 Å². The molecule has 0 bridgehead atoms. The number of amides is 1. The van der Waals surface area contributed by atoms with Crippen molar-refractivity contribution >= 4 is 37.4 Å². The van der Waals surface area contributed by atoms with E-state index < -0.39 is 6.04 Å². The molecule has 2 aromatic heterocycles. The predicted octanol–water partition coefficient (Wildman–Crippen LogP) is 3.86. The standard InChI is InChI=1S/C24H25N3O4S/c1-14-22-21(18-7-5-6-8-20(18)32-22)24(29)27(26-14)15(2)23(28)25-12-11-16-13-17(30-3)9-10-19(16)31-4/h5-10,13,15H,11-12H2,1-4H3,(H,25,28). The maximum Gasteiger partial charge on any atom is 0.276 e. The Morgan fingerprint density at radius 2 is 1.97 bits per heavy atom. The lowest BCUT2D eigenvalue weighted by molar-refractivity contribution is -0.124. The van der Waals surface area contributed by atoms with Crippen molar-refractivity contribution in [3.63, 3.8) is 0 Å². The molecule has 0 saturated carbocycles. The van der Waals surface area contributed by atoms with E-state index in [9.17, 15) is 9.59 Å². The zero-order valence-corrected chi connectivity index (χ0v) is 19.3. The van der Waals surface area contributed by atoms with Crippen LogP contribution in [-0.4, -0.2) is 36.5 Å². The molecule has 0 radical (unpaired) electrons. The highest BCUT2D eigenvalue weighted by Gasteiger charge is 2.21. The molecule has 1 amide bonds. The van der Waals surface area contributed by atoms with E-state index in [0.29, 0.717) is 18.4 Å². The lowest BCUT2D eigenvalue weighted by Gasteiger charge is -2.16. The van der Waals surface area contributed by atoms with Gasteiger partial charge in [-0.3, -0.25) is 9.59 Å². The third-order valence-corrected chi connectivity index (χ3v) is 6.81. The third kappa shape index (κ3) is 3.93. The Morgan fingerprint density at radius 3 is 2.72 bits per heavy atom. The molecule has 2 aromatic carbocycles. The molecule has 0 aliphatic rings. The molecule has 0 aliphatic heterocycles. The van der Waals surface area contributed by atoms with Crippen LogP contribution in [0.4, 0.5) is 0 Å². The zero-order chi connectivity index (χ0) is 22.8. The molecule has 0 aliphatic carbocycles. The predicted molar refractivity (Wildman–Crippen MR) is 127 cm³/mol. The lowest BCUT2D eigenvalue weighted by atomic mass is 10.1. The minimum Gasteiger partial charge on any atom is -0.497 e. The molecule has 8 heteroatoms. The number of hydrogen-bond acceptors (Lipinski definition) is 6. The maximum atomic E-state index is 13.2. The highest BCUT2D eigenvalue weighted by Crippen LogP contribution is 2.33. The molecule has 0 fully saturated rings. The minimum absolute atomic E-state index is 0.250. The summed E-state index contributed by atoms with van der Waals surface area (Å²) >= 11 is 1.55. The van der Waals surface area contributed by atoms with Crippen molar-refractivity contribution in [1.82, 2.24) is 15.1 Å².